The number of carbonyl (C=O) groups is 1. The van der Waals surface area contributed by atoms with Crippen molar-refractivity contribution >= 4 is 16.8 Å². The van der Waals surface area contributed by atoms with Crippen LogP contribution in [0.4, 0.5) is 0 Å². The number of hydrogen-bond acceptors (Lipinski definition) is 2. The molecule has 2 aromatic rings. The minimum Gasteiger partial charge on any atom is -0.496 e. The molecule has 0 aliphatic carbocycles. The van der Waals surface area contributed by atoms with Gasteiger partial charge in [-0.3, -0.25) is 4.79 Å². The number of benzene rings is 1. The van der Waals surface area contributed by atoms with Crippen LogP contribution in [0.3, 0.4) is 0 Å². The maximum atomic E-state index is 11.8. The van der Waals surface area contributed by atoms with E-state index in [2.05, 4.69) is 4.98 Å². The highest BCUT2D eigenvalue weighted by Crippen LogP contribution is 2.28. The van der Waals surface area contributed by atoms with Crippen molar-refractivity contribution in [1.82, 2.24) is 9.88 Å². The standard InChI is InChI=1S/C13H16N2O2/c1-15(2)12(16)7-9-8-14-10-5-4-6-11(17-3)13(9)10/h4-6,8,14H,7H2,1-3H3/i3D3. The lowest BCUT2D eigenvalue weighted by Gasteiger charge is -2.10. The molecule has 1 aromatic heterocycles. The predicted molar refractivity (Wildman–Crippen MR) is 67.2 cm³/mol. The maximum Gasteiger partial charge on any atom is 0.226 e. The molecule has 0 atom stereocenters. The van der Waals surface area contributed by atoms with Crippen molar-refractivity contribution in [2.75, 3.05) is 21.1 Å². The Morgan fingerprint density at radius 3 is 3.06 bits per heavy atom. The molecular weight excluding hydrogens is 216 g/mol. The molecule has 0 fully saturated rings. The second kappa shape index (κ2) is 4.49. The van der Waals surface area contributed by atoms with E-state index in [9.17, 15) is 4.79 Å². The van der Waals surface area contributed by atoms with Crippen molar-refractivity contribution in [3.63, 3.8) is 0 Å². The molecule has 4 heteroatoms. The summed E-state index contributed by atoms with van der Waals surface area (Å²) in [6.07, 6.45) is 1.90. The number of H-pyrrole nitrogens is 1. The highest BCUT2D eigenvalue weighted by molar-refractivity contribution is 5.93. The molecule has 0 unspecified atom stereocenters. The van der Waals surface area contributed by atoms with Gasteiger partial charge in [-0.25, -0.2) is 0 Å². The van der Waals surface area contributed by atoms with Crippen LogP contribution in [0.25, 0.3) is 10.9 Å². The SMILES string of the molecule is [2H]C([2H])([2H])Oc1cccc2[nH]cc(CC(=O)N(C)C)c12. The van der Waals surface area contributed by atoms with E-state index < -0.39 is 7.04 Å². The number of likely N-dealkylation sites (N-methyl/N-ethyl adjacent to an activating group) is 1. The van der Waals surface area contributed by atoms with Gasteiger partial charge in [0.25, 0.3) is 0 Å². The van der Waals surface area contributed by atoms with Crippen molar-refractivity contribution in [2.24, 2.45) is 0 Å². The summed E-state index contributed by atoms with van der Waals surface area (Å²) in [5, 5.41) is 0.638. The van der Waals surface area contributed by atoms with Crippen LogP contribution >= 0.6 is 0 Å². The summed E-state index contributed by atoms with van der Waals surface area (Å²) in [6, 6.07) is 5.11. The summed E-state index contributed by atoms with van der Waals surface area (Å²) in [7, 11) is 0.836. The zero-order valence-electron chi connectivity index (χ0n) is 12.8. The zero-order chi connectivity index (χ0) is 14.9. The smallest absolute Gasteiger partial charge is 0.226 e. The van der Waals surface area contributed by atoms with Crippen LogP contribution in [-0.2, 0) is 11.2 Å². The largest absolute Gasteiger partial charge is 0.496 e. The Morgan fingerprint density at radius 2 is 2.35 bits per heavy atom. The summed E-state index contributed by atoms with van der Waals surface area (Å²) in [5.74, 6) is 0.194. The number of aromatic nitrogens is 1. The topological polar surface area (TPSA) is 45.3 Å². The Balaban J connectivity index is 2.44. The first-order chi connectivity index (χ1) is 9.28. The molecule has 1 heterocycles. The highest BCUT2D eigenvalue weighted by atomic mass is 16.5. The number of hydrogen-bond donors (Lipinski definition) is 1. The summed E-state index contributed by atoms with van der Waals surface area (Å²) in [4.78, 5) is 16.3. The van der Waals surface area contributed by atoms with Crippen LogP contribution in [0, 0.1) is 0 Å². The van der Waals surface area contributed by atoms with Crippen molar-refractivity contribution in [2.45, 2.75) is 6.42 Å². The van der Waals surface area contributed by atoms with Crippen LogP contribution < -0.4 is 4.74 Å². The number of fused-ring (bicyclic) bond motifs is 1. The molecule has 0 aliphatic heterocycles. The van der Waals surface area contributed by atoms with Crippen molar-refractivity contribution in [3.8, 4) is 5.75 Å². The second-order valence-electron chi connectivity index (χ2n) is 4.06. The first-order valence-electron chi connectivity index (χ1n) is 6.76. The molecule has 0 aliphatic rings. The van der Waals surface area contributed by atoms with Crippen molar-refractivity contribution in [1.29, 1.82) is 0 Å². The second-order valence-corrected chi connectivity index (χ2v) is 4.06. The van der Waals surface area contributed by atoms with E-state index in [-0.39, 0.29) is 18.1 Å². The summed E-state index contributed by atoms with van der Waals surface area (Å²) in [6.45, 7) is 0. The van der Waals surface area contributed by atoms with E-state index in [0.717, 1.165) is 11.1 Å². The lowest BCUT2D eigenvalue weighted by atomic mass is 10.1. The van der Waals surface area contributed by atoms with Gasteiger partial charge in [0.05, 0.1) is 17.6 Å². The van der Waals surface area contributed by atoms with Gasteiger partial charge in [-0.15, -0.1) is 0 Å². The van der Waals surface area contributed by atoms with E-state index in [1.54, 1.807) is 32.4 Å². The van der Waals surface area contributed by atoms with E-state index in [1.807, 2.05) is 6.07 Å². The molecule has 2 rings (SSSR count). The molecule has 1 N–H and O–H groups in total. The van der Waals surface area contributed by atoms with Crippen LogP contribution in [0.1, 0.15) is 9.68 Å². The minimum absolute atomic E-state index is 0.0606. The summed E-state index contributed by atoms with van der Waals surface area (Å²) in [5.41, 5.74) is 1.46. The molecule has 0 radical (unpaired) electrons. The van der Waals surface area contributed by atoms with E-state index in [0.29, 0.717) is 5.39 Å². The first kappa shape index (κ1) is 8.17. The normalized spacial score (nSPS) is 13.9. The lowest BCUT2D eigenvalue weighted by molar-refractivity contribution is -0.127. The third-order valence-corrected chi connectivity index (χ3v) is 2.70. The molecule has 0 saturated carbocycles. The molecule has 17 heavy (non-hydrogen) atoms. The molecular formula is C13H16N2O2. The van der Waals surface area contributed by atoms with E-state index in [4.69, 9.17) is 8.85 Å². The molecule has 0 spiro atoms. The van der Waals surface area contributed by atoms with Gasteiger partial charge in [-0.1, -0.05) is 6.07 Å². The molecule has 4 nitrogen and oxygen atoms in total. The minimum atomic E-state index is -2.52. The number of ether oxygens (including phenoxy) is 1. The number of nitrogens with zero attached hydrogens (tertiary/aromatic N) is 1. The fourth-order valence-electron chi connectivity index (χ4n) is 1.77. The van der Waals surface area contributed by atoms with Gasteiger partial charge in [0.1, 0.15) is 5.75 Å². The number of aromatic amines is 1. The van der Waals surface area contributed by atoms with E-state index in [1.165, 1.54) is 4.90 Å². The van der Waals surface area contributed by atoms with Crippen LogP contribution in [-0.4, -0.2) is 36.9 Å². The average molecular weight is 235 g/mol. The average Bonchev–Trinajstić information content (AvgIpc) is 2.71. The number of carbonyl (C=O) groups excluding carboxylic acids is 1. The molecule has 90 valence electrons. The van der Waals surface area contributed by atoms with Gasteiger partial charge in [0.15, 0.2) is 0 Å². The van der Waals surface area contributed by atoms with Crippen LogP contribution in [0.15, 0.2) is 24.4 Å². The first-order valence-corrected chi connectivity index (χ1v) is 5.26. The molecule has 1 amide bonds. The Labute approximate surface area is 104 Å². The van der Waals surface area contributed by atoms with E-state index >= 15 is 0 Å². The maximum absolute atomic E-state index is 11.8. The Hall–Kier alpha value is -1.97. The van der Waals surface area contributed by atoms with Gasteiger partial charge >= 0.3 is 0 Å². The van der Waals surface area contributed by atoms with Crippen molar-refractivity contribution in [3.05, 3.63) is 30.0 Å². The van der Waals surface area contributed by atoms with Gasteiger partial charge in [-0.2, -0.15) is 0 Å². The Morgan fingerprint density at radius 1 is 1.53 bits per heavy atom. The third kappa shape index (κ3) is 2.11. The number of rotatable bonds is 3. The number of methoxy groups -OCH3 is 1. The number of amides is 1. The fourth-order valence-corrected chi connectivity index (χ4v) is 1.77. The molecule has 0 saturated heterocycles. The monoisotopic (exact) mass is 235 g/mol. The van der Waals surface area contributed by atoms with Gasteiger partial charge in [-0.05, 0) is 17.7 Å². The molecule has 0 bridgehead atoms. The van der Waals surface area contributed by atoms with Crippen molar-refractivity contribution < 1.29 is 13.6 Å². The van der Waals surface area contributed by atoms with Gasteiger partial charge < -0.3 is 14.6 Å². The Kier molecular flexibility index (Phi) is 2.16. The molecule has 1 aromatic carbocycles. The highest BCUT2D eigenvalue weighted by Gasteiger charge is 2.13. The summed E-state index contributed by atoms with van der Waals surface area (Å²) >= 11 is 0. The fraction of sp³-hybridized carbons (Fsp3) is 0.308. The Bertz CT molecular complexity index is 632. The lowest BCUT2D eigenvalue weighted by Crippen LogP contribution is -2.23. The quantitative estimate of drug-likeness (QED) is 0.881. The zero-order valence-corrected chi connectivity index (χ0v) is 9.78. The van der Waals surface area contributed by atoms with Crippen LogP contribution in [0.5, 0.6) is 5.75 Å². The van der Waals surface area contributed by atoms with Crippen LogP contribution in [0.2, 0.25) is 0 Å². The predicted octanol–water partition coefficient (Wildman–Crippen LogP) is 1.81. The van der Waals surface area contributed by atoms with Gasteiger partial charge in [0, 0.05) is 31.2 Å². The van der Waals surface area contributed by atoms with Gasteiger partial charge in [0.2, 0.25) is 5.91 Å². The number of nitrogens with one attached hydrogen (secondary N) is 1. The summed E-state index contributed by atoms with van der Waals surface area (Å²) < 4.78 is 26.6. The third-order valence-electron chi connectivity index (χ3n) is 2.70.